The number of sulfonamides is 1. The van der Waals surface area contributed by atoms with Gasteiger partial charge in [0.2, 0.25) is 10.0 Å². The molecule has 0 bridgehead atoms. The summed E-state index contributed by atoms with van der Waals surface area (Å²) in [7, 11) is -1.48. The minimum absolute atomic E-state index is 0.0445. The van der Waals surface area contributed by atoms with Crippen LogP contribution in [-0.2, 0) is 10.0 Å². The van der Waals surface area contributed by atoms with Crippen molar-refractivity contribution in [3.8, 4) is 0 Å². The zero-order valence-corrected chi connectivity index (χ0v) is 14.1. The van der Waals surface area contributed by atoms with E-state index in [9.17, 15) is 8.42 Å². The van der Waals surface area contributed by atoms with Crippen LogP contribution < -0.4 is 5.73 Å². The third kappa shape index (κ3) is 3.16. The number of nitrogens with two attached hydrogens (primary N) is 1. The Hall–Kier alpha value is -0.630. The number of rotatable bonds is 2. The summed E-state index contributed by atoms with van der Waals surface area (Å²) in [6.45, 7) is 4.15. The number of hydrogen-bond donors (Lipinski definition) is 1. The molecule has 1 aliphatic heterocycles. The molecule has 0 amide bonds. The van der Waals surface area contributed by atoms with E-state index in [0.717, 1.165) is 19.5 Å². The summed E-state index contributed by atoms with van der Waals surface area (Å²) in [5.74, 6) is 0. The number of hydrogen-bond acceptors (Lipinski definition) is 4. The molecule has 1 unspecified atom stereocenters. The molecule has 7 heteroatoms. The molecule has 0 radical (unpaired) electrons. The Kier molecular flexibility index (Phi) is 4.73. The Morgan fingerprint density at radius 1 is 1.35 bits per heavy atom. The molecule has 20 heavy (non-hydrogen) atoms. The summed E-state index contributed by atoms with van der Waals surface area (Å²) in [5.41, 5.74) is 6.22. The highest BCUT2D eigenvalue weighted by molar-refractivity contribution is 9.10. The largest absolute Gasteiger partial charge is 0.399 e. The van der Waals surface area contributed by atoms with Crippen LogP contribution in [0.15, 0.2) is 27.6 Å². The van der Waals surface area contributed by atoms with E-state index in [4.69, 9.17) is 5.73 Å². The monoisotopic (exact) mass is 361 g/mol. The zero-order valence-electron chi connectivity index (χ0n) is 11.7. The summed E-state index contributed by atoms with van der Waals surface area (Å²) in [6.07, 6.45) is 0.840. The van der Waals surface area contributed by atoms with Crippen molar-refractivity contribution < 1.29 is 8.42 Å². The van der Waals surface area contributed by atoms with Crippen LogP contribution in [0.1, 0.15) is 13.3 Å². The van der Waals surface area contributed by atoms with Gasteiger partial charge in [0.15, 0.2) is 0 Å². The smallest absolute Gasteiger partial charge is 0.244 e. The molecule has 1 fully saturated rings. The van der Waals surface area contributed by atoms with Crippen molar-refractivity contribution in [3.63, 3.8) is 0 Å². The summed E-state index contributed by atoms with van der Waals surface area (Å²) < 4.78 is 27.8. The molecular formula is C13H20BrN3O2S. The van der Waals surface area contributed by atoms with Crippen LogP contribution in [0, 0.1) is 0 Å². The normalized spacial score (nSPS) is 22.6. The number of nitrogens with zero attached hydrogens (tertiary/aromatic N) is 2. The van der Waals surface area contributed by atoms with Gasteiger partial charge in [-0.05, 0) is 61.1 Å². The second-order valence-corrected chi connectivity index (χ2v) is 7.98. The molecule has 1 aromatic rings. The molecule has 2 rings (SSSR count). The average Bonchev–Trinajstić information content (AvgIpc) is 2.49. The standard InChI is InChI=1S/C13H20BrN3O2S/c1-10-9-16(2)6-3-7-17(10)20(18,19)13-5-4-11(15)8-12(13)14/h4-5,8,10H,3,6-7,9,15H2,1-2H3. The lowest BCUT2D eigenvalue weighted by Crippen LogP contribution is -2.42. The van der Waals surface area contributed by atoms with Gasteiger partial charge >= 0.3 is 0 Å². The highest BCUT2D eigenvalue weighted by Crippen LogP contribution is 2.29. The Morgan fingerprint density at radius 2 is 2.05 bits per heavy atom. The molecule has 1 saturated heterocycles. The van der Waals surface area contributed by atoms with Crippen LogP contribution in [0.4, 0.5) is 5.69 Å². The second kappa shape index (κ2) is 6.01. The van der Waals surface area contributed by atoms with Crippen LogP contribution in [0.5, 0.6) is 0 Å². The van der Waals surface area contributed by atoms with Gasteiger partial charge in [0.05, 0.1) is 4.90 Å². The van der Waals surface area contributed by atoms with Gasteiger partial charge in [0.1, 0.15) is 0 Å². The molecule has 112 valence electrons. The molecular weight excluding hydrogens is 342 g/mol. The molecule has 0 spiro atoms. The molecule has 5 nitrogen and oxygen atoms in total. The van der Waals surface area contributed by atoms with Gasteiger partial charge in [-0.3, -0.25) is 0 Å². The lowest BCUT2D eigenvalue weighted by Gasteiger charge is -2.27. The van der Waals surface area contributed by atoms with Gasteiger partial charge in [-0.15, -0.1) is 0 Å². The van der Waals surface area contributed by atoms with Crippen molar-refractivity contribution in [1.82, 2.24) is 9.21 Å². The van der Waals surface area contributed by atoms with E-state index in [0.29, 0.717) is 16.7 Å². The van der Waals surface area contributed by atoms with Gasteiger partial charge < -0.3 is 10.6 Å². The average molecular weight is 362 g/mol. The Labute approximate surface area is 128 Å². The first-order chi connectivity index (χ1) is 9.32. The van der Waals surface area contributed by atoms with Gasteiger partial charge in [0.25, 0.3) is 0 Å². The second-order valence-electron chi connectivity index (χ2n) is 5.27. The van der Waals surface area contributed by atoms with Gasteiger partial charge in [-0.2, -0.15) is 4.31 Å². The van der Waals surface area contributed by atoms with Crippen LogP contribution in [0.25, 0.3) is 0 Å². The highest BCUT2D eigenvalue weighted by atomic mass is 79.9. The molecule has 1 aromatic carbocycles. The van der Waals surface area contributed by atoms with Crippen LogP contribution in [0.2, 0.25) is 0 Å². The van der Waals surface area contributed by atoms with E-state index in [1.807, 2.05) is 14.0 Å². The van der Waals surface area contributed by atoms with Crippen LogP contribution >= 0.6 is 15.9 Å². The first-order valence-corrected chi connectivity index (χ1v) is 8.81. The van der Waals surface area contributed by atoms with Crippen molar-refractivity contribution in [1.29, 1.82) is 0 Å². The molecule has 1 atom stereocenters. The summed E-state index contributed by atoms with van der Waals surface area (Å²) in [6, 6.07) is 4.76. The quantitative estimate of drug-likeness (QED) is 0.814. The number of likely N-dealkylation sites (N-methyl/N-ethyl adjacent to an activating group) is 1. The Bertz CT molecular complexity index is 591. The predicted molar refractivity (Wildman–Crippen MR) is 84.0 cm³/mol. The number of anilines is 1. The van der Waals surface area contributed by atoms with Crippen molar-refractivity contribution >= 4 is 31.6 Å². The van der Waals surface area contributed by atoms with E-state index >= 15 is 0 Å². The van der Waals surface area contributed by atoms with E-state index < -0.39 is 10.0 Å². The molecule has 2 N–H and O–H groups in total. The van der Waals surface area contributed by atoms with Crippen molar-refractivity contribution in [2.24, 2.45) is 0 Å². The van der Waals surface area contributed by atoms with E-state index in [1.165, 1.54) is 0 Å². The molecule has 1 aliphatic rings. The van der Waals surface area contributed by atoms with Gasteiger partial charge in [-0.25, -0.2) is 8.42 Å². The summed E-state index contributed by atoms with van der Waals surface area (Å²) in [4.78, 5) is 2.45. The fourth-order valence-corrected chi connectivity index (χ4v) is 5.28. The molecule has 1 heterocycles. The van der Waals surface area contributed by atoms with Crippen LogP contribution in [-0.4, -0.2) is 50.3 Å². The summed E-state index contributed by atoms with van der Waals surface area (Å²) >= 11 is 3.30. The maximum Gasteiger partial charge on any atom is 0.244 e. The van der Waals surface area contributed by atoms with Gasteiger partial charge in [0, 0.05) is 29.3 Å². The SMILES string of the molecule is CC1CN(C)CCCN1S(=O)(=O)c1ccc(N)cc1Br. The fourth-order valence-electron chi connectivity index (χ4n) is 2.56. The van der Waals surface area contributed by atoms with Crippen LogP contribution in [0.3, 0.4) is 0 Å². The fraction of sp³-hybridized carbons (Fsp3) is 0.538. The Morgan fingerprint density at radius 3 is 2.70 bits per heavy atom. The molecule has 0 aromatic heterocycles. The van der Waals surface area contributed by atoms with E-state index in [-0.39, 0.29) is 10.9 Å². The predicted octanol–water partition coefficient (Wildman–Crippen LogP) is 1.75. The highest BCUT2D eigenvalue weighted by Gasteiger charge is 2.32. The van der Waals surface area contributed by atoms with E-state index in [1.54, 1.807) is 22.5 Å². The maximum absolute atomic E-state index is 12.8. The first kappa shape index (κ1) is 15.8. The lowest BCUT2D eigenvalue weighted by molar-refractivity contribution is 0.290. The lowest BCUT2D eigenvalue weighted by atomic mass is 10.3. The number of nitrogen functional groups attached to an aromatic ring is 1. The Balaban J connectivity index is 2.38. The van der Waals surface area contributed by atoms with Gasteiger partial charge in [-0.1, -0.05) is 0 Å². The number of halogens is 1. The van der Waals surface area contributed by atoms with E-state index in [2.05, 4.69) is 20.8 Å². The molecule has 0 aliphatic carbocycles. The van der Waals surface area contributed by atoms with Crippen molar-refractivity contribution in [2.45, 2.75) is 24.3 Å². The molecule has 0 saturated carbocycles. The minimum atomic E-state index is -3.50. The topological polar surface area (TPSA) is 66.6 Å². The summed E-state index contributed by atoms with van der Waals surface area (Å²) in [5, 5.41) is 0. The van der Waals surface area contributed by atoms with Crippen molar-refractivity contribution in [2.75, 3.05) is 32.4 Å². The first-order valence-electron chi connectivity index (χ1n) is 6.58. The third-order valence-electron chi connectivity index (χ3n) is 3.53. The minimum Gasteiger partial charge on any atom is -0.399 e. The third-order valence-corrected chi connectivity index (χ3v) is 6.52. The maximum atomic E-state index is 12.8. The van der Waals surface area contributed by atoms with Crippen molar-refractivity contribution in [3.05, 3.63) is 22.7 Å². The zero-order chi connectivity index (χ0) is 14.9. The number of benzene rings is 1.